The van der Waals surface area contributed by atoms with Gasteiger partial charge in [-0.05, 0) is 43.5 Å². The van der Waals surface area contributed by atoms with E-state index < -0.39 is 0 Å². The Bertz CT molecular complexity index is 337. The van der Waals surface area contributed by atoms with Crippen LogP contribution in [0.25, 0.3) is 0 Å². The summed E-state index contributed by atoms with van der Waals surface area (Å²) in [7, 11) is 1.98. The number of benzene rings is 1. The summed E-state index contributed by atoms with van der Waals surface area (Å²) < 4.78 is 0. The van der Waals surface area contributed by atoms with Crippen molar-refractivity contribution in [3.63, 3.8) is 0 Å². The first-order valence-corrected chi connectivity index (χ1v) is 6.39. The molecule has 0 aliphatic rings. The zero-order valence-corrected chi connectivity index (χ0v) is 11.6. The van der Waals surface area contributed by atoms with Crippen LogP contribution in [0.15, 0.2) is 18.2 Å². The first-order valence-electron chi connectivity index (χ1n) is 5.63. The van der Waals surface area contributed by atoms with Crippen LogP contribution in [0.5, 0.6) is 0 Å². The summed E-state index contributed by atoms with van der Waals surface area (Å²) in [5.74, 6) is 1.21. The van der Waals surface area contributed by atoms with Gasteiger partial charge in [-0.25, -0.2) is 0 Å². The average molecular weight is 260 g/mol. The van der Waals surface area contributed by atoms with Gasteiger partial charge in [0, 0.05) is 0 Å². The van der Waals surface area contributed by atoms with E-state index >= 15 is 0 Å². The molecule has 90 valence electrons. The molecule has 1 aromatic rings. The van der Waals surface area contributed by atoms with Crippen molar-refractivity contribution in [3.8, 4) is 0 Å². The minimum atomic E-state index is 0.584. The molecule has 1 nitrogen and oxygen atoms in total. The van der Waals surface area contributed by atoms with Gasteiger partial charge in [0.15, 0.2) is 0 Å². The van der Waals surface area contributed by atoms with Gasteiger partial charge in [0.1, 0.15) is 0 Å². The zero-order chi connectivity index (χ0) is 12.1. The fourth-order valence-corrected chi connectivity index (χ4v) is 2.19. The van der Waals surface area contributed by atoms with Crippen LogP contribution in [0.2, 0.25) is 10.0 Å². The van der Waals surface area contributed by atoms with Crippen molar-refractivity contribution in [3.05, 3.63) is 33.8 Å². The number of hydrogen-bond donors (Lipinski definition) is 1. The Hall–Kier alpha value is -0.240. The van der Waals surface area contributed by atoms with Crippen molar-refractivity contribution in [1.29, 1.82) is 0 Å². The fourth-order valence-electron chi connectivity index (χ4n) is 1.79. The Labute approximate surface area is 108 Å². The van der Waals surface area contributed by atoms with E-state index in [-0.39, 0.29) is 0 Å². The number of halogens is 2. The van der Waals surface area contributed by atoms with Gasteiger partial charge in [-0.1, -0.05) is 49.2 Å². The first kappa shape index (κ1) is 13.8. The van der Waals surface area contributed by atoms with E-state index in [1.54, 1.807) is 0 Å². The first-order chi connectivity index (χ1) is 7.56. The summed E-state index contributed by atoms with van der Waals surface area (Å²) in [6.07, 6.45) is 0.970. The lowest BCUT2D eigenvalue weighted by Crippen LogP contribution is -2.25. The number of nitrogens with one attached hydrogen (secondary N) is 1. The van der Waals surface area contributed by atoms with E-state index in [4.69, 9.17) is 23.2 Å². The number of rotatable bonds is 5. The third-order valence-corrected chi connectivity index (χ3v) is 3.78. The molecule has 0 saturated carbocycles. The Kier molecular flexibility index (Phi) is 5.60. The van der Waals surface area contributed by atoms with Crippen LogP contribution in [0, 0.1) is 11.8 Å². The molecule has 1 aromatic carbocycles. The molecule has 1 N–H and O–H groups in total. The predicted octanol–water partition coefficient (Wildman–Crippen LogP) is 4.03. The quantitative estimate of drug-likeness (QED) is 0.842. The molecule has 0 aliphatic carbocycles. The molecule has 1 atom stereocenters. The second kappa shape index (κ2) is 6.48. The molecule has 0 spiro atoms. The van der Waals surface area contributed by atoms with E-state index in [2.05, 4.69) is 25.2 Å². The lowest BCUT2D eigenvalue weighted by Gasteiger charge is -2.21. The van der Waals surface area contributed by atoms with Gasteiger partial charge < -0.3 is 5.32 Å². The zero-order valence-electron chi connectivity index (χ0n) is 10.1. The van der Waals surface area contributed by atoms with E-state index in [1.807, 2.05) is 19.2 Å². The average Bonchev–Trinajstić information content (AvgIpc) is 2.23. The van der Waals surface area contributed by atoms with Crippen molar-refractivity contribution in [2.24, 2.45) is 11.8 Å². The van der Waals surface area contributed by atoms with Crippen molar-refractivity contribution < 1.29 is 0 Å². The molecule has 0 bridgehead atoms. The van der Waals surface area contributed by atoms with Crippen molar-refractivity contribution in [2.45, 2.75) is 20.3 Å². The predicted molar refractivity (Wildman–Crippen MR) is 72.4 cm³/mol. The molecule has 1 rings (SSSR count). The Morgan fingerprint density at radius 3 is 2.50 bits per heavy atom. The minimum Gasteiger partial charge on any atom is -0.319 e. The summed E-state index contributed by atoms with van der Waals surface area (Å²) in [5, 5.41) is 4.57. The molecule has 0 radical (unpaired) electrons. The van der Waals surface area contributed by atoms with Crippen LogP contribution in [-0.4, -0.2) is 13.6 Å². The maximum atomic E-state index is 6.19. The topological polar surface area (TPSA) is 12.0 Å². The molecule has 3 heteroatoms. The molecule has 0 aromatic heterocycles. The van der Waals surface area contributed by atoms with Crippen LogP contribution in [0.3, 0.4) is 0 Å². The molecule has 0 saturated heterocycles. The molecule has 1 unspecified atom stereocenters. The molecule has 0 heterocycles. The molecular formula is C13H19Cl2N. The van der Waals surface area contributed by atoms with E-state index in [0.717, 1.165) is 18.5 Å². The van der Waals surface area contributed by atoms with Gasteiger partial charge in [0.25, 0.3) is 0 Å². The lowest BCUT2D eigenvalue weighted by molar-refractivity contribution is 0.370. The van der Waals surface area contributed by atoms with Crippen LogP contribution in [0.1, 0.15) is 19.4 Å². The van der Waals surface area contributed by atoms with E-state index in [0.29, 0.717) is 21.9 Å². The summed E-state index contributed by atoms with van der Waals surface area (Å²) in [5.41, 5.74) is 1.14. The maximum Gasteiger partial charge on any atom is 0.0624 e. The second-order valence-electron chi connectivity index (χ2n) is 4.48. The highest BCUT2D eigenvalue weighted by Gasteiger charge is 2.15. The third kappa shape index (κ3) is 3.65. The normalized spacial score (nSPS) is 13.1. The standard InChI is InChI=1S/C13H19Cl2N/c1-9(2)11(8-16-3)7-10-5-4-6-12(14)13(10)15/h4-6,9,11,16H,7-8H2,1-3H3. The monoisotopic (exact) mass is 259 g/mol. The Balaban J connectivity index is 2.81. The van der Waals surface area contributed by atoms with Crippen LogP contribution < -0.4 is 5.32 Å². The summed E-state index contributed by atoms with van der Waals surface area (Å²) in [6, 6.07) is 5.84. The summed E-state index contributed by atoms with van der Waals surface area (Å²) in [6.45, 7) is 5.47. The Morgan fingerprint density at radius 1 is 1.25 bits per heavy atom. The van der Waals surface area contributed by atoms with Gasteiger partial charge in [-0.3, -0.25) is 0 Å². The molecule has 0 fully saturated rings. The van der Waals surface area contributed by atoms with E-state index in [1.165, 1.54) is 0 Å². The van der Waals surface area contributed by atoms with Crippen molar-refractivity contribution in [2.75, 3.05) is 13.6 Å². The van der Waals surface area contributed by atoms with Gasteiger partial charge in [0.05, 0.1) is 10.0 Å². The highest BCUT2D eigenvalue weighted by Crippen LogP contribution is 2.28. The Morgan fingerprint density at radius 2 is 1.94 bits per heavy atom. The van der Waals surface area contributed by atoms with Crippen molar-refractivity contribution >= 4 is 23.2 Å². The summed E-state index contributed by atoms with van der Waals surface area (Å²) in [4.78, 5) is 0. The van der Waals surface area contributed by atoms with Crippen LogP contribution in [-0.2, 0) is 6.42 Å². The lowest BCUT2D eigenvalue weighted by atomic mass is 9.89. The highest BCUT2D eigenvalue weighted by molar-refractivity contribution is 6.42. The molecular weight excluding hydrogens is 241 g/mol. The van der Waals surface area contributed by atoms with Crippen LogP contribution >= 0.6 is 23.2 Å². The SMILES string of the molecule is CNCC(Cc1cccc(Cl)c1Cl)C(C)C. The number of hydrogen-bond acceptors (Lipinski definition) is 1. The molecule has 0 aliphatic heterocycles. The van der Waals surface area contributed by atoms with E-state index in [9.17, 15) is 0 Å². The van der Waals surface area contributed by atoms with Gasteiger partial charge in [-0.15, -0.1) is 0 Å². The second-order valence-corrected chi connectivity index (χ2v) is 5.26. The largest absolute Gasteiger partial charge is 0.319 e. The maximum absolute atomic E-state index is 6.19. The van der Waals surface area contributed by atoms with Gasteiger partial charge in [-0.2, -0.15) is 0 Å². The highest BCUT2D eigenvalue weighted by atomic mass is 35.5. The van der Waals surface area contributed by atoms with Crippen molar-refractivity contribution in [1.82, 2.24) is 5.32 Å². The summed E-state index contributed by atoms with van der Waals surface area (Å²) >= 11 is 12.2. The molecule has 16 heavy (non-hydrogen) atoms. The minimum absolute atomic E-state index is 0.584. The third-order valence-electron chi connectivity index (χ3n) is 2.92. The van der Waals surface area contributed by atoms with Gasteiger partial charge >= 0.3 is 0 Å². The van der Waals surface area contributed by atoms with Gasteiger partial charge in [0.2, 0.25) is 0 Å². The van der Waals surface area contributed by atoms with Crippen LogP contribution in [0.4, 0.5) is 0 Å². The fraction of sp³-hybridized carbons (Fsp3) is 0.538. The molecule has 0 amide bonds. The smallest absolute Gasteiger partial charge is 0.0624 e.